The first-order chi connectivity index (χ1) is 12.2. The Kier molecular flexibility index (Phi) is 6.09. The summed E-state index contributed by atoms with van der Waals surface area (Å²) in [7, 11) is 0. The fourth-order valence-corrected chi connectivity index (χ4v) is 2.97. The highest BCUT2D eigenvalue weighted by Crippen LogP contribution is 2.10. The number of carbonyl (C=O) groups excluding carboxylic acids is 1. The van der Waals surface area contributed by atoms with Crippen LogP contribution in [0.3, 0.4) is 0 Å². The van der Waals surface area contributed by atoms with E-state index in [0.717, 1.165) is 44.8 Å². The summed E-state index contributed by atoms with van der Waals surface area (Å²) in [6.07, 6.45) is 4.54. The van der Waals surface area contributed by atoms with Crippen molar-refractivity contribution in [3.8, 4) is 0 Å². The molecule has 132 valence electrons. The van der Waals surface area contributed by atoms with E-state index in [0.29, 0.717) is 12.2 Å². The van der Waals surface area contributed by atoms with Gasteiger partial charge in [-0.25, -0.2) is 4.98 Å². The van der Waals surface area contributed by atoms with Crippen LogP contribution in [0, 0.1) is 0 Å². The van der Waals surface area contributed by atoms with E-state index in [-0.39, 0.29) is 5.91 Å². The molecule has 1 fully saturated rings. The van der Waals surface area contributed by atoms with Gasteiger partial charge in [0.2, 0.25) is 0 Å². The average Bonchev–Trinajstić information content (AvgIpc) is 2.68. The summed E-state index contributed by atoms with van der Waals surface area (Å²) in [5, 5.41) is 2.87. The lowest BCUT2D eigenvalue weighted by molar-refractivity contribution is 0.0945. The molecule has 6 heteroatoms. The van der Waals surface area contributed by atoms with Gasteiger partial charge in [0.15, 0.2) is 0 Å². The second-order valence-electron chi connectivity index (χ2n) is 6.30. The maximum Gasteiger partial charge on any atom is 0.271 e. The van der Waals surface area contributed by atoms with E-state index < -0.39 is 0 Å². The molecule has 1 aromatic heterocycles. The number of benzene rings is 1. The number of aromatic nitrogens is 2. The monoisotopic (exact) mass is 339 g/mol. The molecule has 0 unspecified atom stereocenters. The molecule has 0 atom stereocenters. The number of rotatable bonds is 6. The lowest BCUT2D eigenvalue weighted by atomic mass is 10.1. The van der Waals surface area contributed by atoms with Crippen LogP contribution in [0.25, 0.3) is 0 Å². The van der Waals surface area contributed by atoms with Crippen LogP contribution in [-0.2, 0) is 13.1 Å². The van der Waals surface area contributed by atoms with Crippen molar-refractivity contribution in [3.05, 3.63) is 59.7 Å². The Hall–Kier alpha value is -2.31. The lowest BCUT2D eigenvalue weighted by Gasteiger charge is -2.34. The van der Waals surface area contributed by atoms with Crippen molar-refractivity contribution in [3.63, 3.8) is 0 Å². The zero-order chi connectivity index (χ0) is 17.5. The standard InChI is InChI=1S/C19H25N5O/c1-2-23-9-11-24(12-10-23)15-17-5-3-16(4-6-17)13-22-19(25)18-14-20-7-8-21-18/h3-8,14H,2,9-13,15H2,1H3,(H,22,25). The predicted molar refractivity (Wildman–Crippen MR) is 97.0 cm³/mol. The first kappa shape index (κ1) is 17.5. The number of hydrogen-bond donors (Lipinski definition) is 1. The van der Waals surface area contributed by atoms with E-state index in [2.05, 4.69) is 56.3 Å². The molecule has 1 saturated heterocycles. The fraction of sp³-hybridized carbons (Fsp3) is 0.421. The first-order valence-electron chi connectivity index (χ1n) is 8.81. The minimum absolute atomic E-state index is 0.203. The minimum atomic E-state index is -0.203. The van der Waals surface area contributed by atoms with Crippen LogP contribution in [0.1, 0.15) is 28.5 Å². The number of likely N-dealkylation sites (N-methyl/N-ethyl adjacent to an activating group) is 1. The number of nitrogens with zero attached hydrogens (tertiary/aromatic N) is 4. The Morgan fingerprint density at radius 2 is 1.72 bits per heavy atom. The van der Waals surface area contributed by atoms with Crippen LogP contribution in [0.15, 0.2) is 42.9 Å². The van der Waals surface area contributed by atoms with Crippen molar-refractivity contribution < 1.29 is 4.79 Å². The normalized spacial score (nSPS) is 15.9. The van der Waals surface area contributed by atoms with Crippen LogP contribution in [-0.4, -0.2) is 58.4 Å². The Bertz CT molecular complexity index is 666. The average molecular weight is 339 g/mol. The smallest absolute Gasteiger partial charge is 0.271 e. The third-order valence-electron chi connectivity index (χ3n) is 4.59. The van der Waals surface area contributed by atoms with E-state index in [1.165, 1.54) is 18.0 Å². The van der Waals surface area contributed by atoms with Crippen LogP contribution in [0.4, 0.5) is 0 Å². The molecule has 25 heavy (non-hydrogen) atoms. The molecule has 0 bridgehead atoms. The van der Waals surface area contributed by atoms with Gasteiger partial charge in [0.05, 0.1) is 6.20 Å². The summed E-state index contributed by atoms with van der Waals surface area (Å²) in [6, 6.07) is 8.45. The van der Waals surface area contributed by atoms with Gasteiger partial charge in [-0.2, -0.15) is 0 Å². The third kappa shape index (κ3) is 5.08. The predicted octanol–water partition coefficient (Wildman–Crippen LogP) is 1.54. The summed E-state index contributed by atoms with van der Waals surface area (Å²) < 4.78 is 0. The molecule has 1 aliphatic heterocycles. The molecule has 2 heterocycles. The summed E-state index contributed by atoms with van der Waals surface area (Å²) in [4.78, 5) is 24.9. The van der Waals surface area contributed by atoms with E-state index in [9.17, 15) is 4.79 Å². The van der Waals surface area contributed by atoms with Crippen molar-refractivity contribution in [2.45, 2.75) is 20.0 Å². The van der Waals surface area contributed by atoms with Gasteiger partial charge in [0.1, 0.15) is 5.69 Å². The van der Waals surface area contributed by atoms with E-state index in [1.54, 1.807) is 6.20 Å². The summed E-state index contributed by atoms with van der Waals surface area (Å²) in [6.45, 7) is 9.41. The van der Waals surface area contributed by atoms with Gasteiger partial charge in [-0.05, 0) is 17.7 Å². The van der Waals surface area contributed by atoms with Crippen molar-refractivity contribution in [2.75, 3.05) is 32.7 Å². The molecule has 1 amide bonds. The fourth-order valence-electron chi connectivity index (χ4n) is 2.97. The summed E-state index contributed by atoms with van der Waals surface area (Å²) in [5.74, 6) is -0.203. The number of carbonyl (C=O) groups is 1. The highest BCUT2D eigenvalue weighted by Gasteiger charge is 2.15. The molecule has 1 aromatic carbocycles. The van der Waals surface area contributed by atoms with Gasteiger partial charge in [0.25, 0.3) is 5.91 Å². The molecule has 0 radical (unpaired) electrons. The van der Waals surface area contributed by atoms with E-state index >= 15 is 0 Å². The molecule has 1 aliphatic rings. The quantitative estimate of drug-likeness (QED) is 0.865. The second-order valence-corrected chi connectivity index (χ2v) is 6.30. The first-order valence-corrected chi connectivity index (χ1v) is 8.81. The van der Waals surface area contributed by atoms with Gasteiger partial charge in [-0.15, -0.1) is 0 Å². The zero-order valence-electron chi connectivity index (χ0n) is 14.7. The van der Waals surface area contributed by atoms with Crippen LogP contribution < -0.4 is 5.32 Å². The molecule has 0 saturated carbocycles. The van der Waals surface area contributed by atoms with Gasteiger partial charge in [-0.1, -0.05) is 31.2 Å². The summed E-state index contributed by atoms with van der Waals surface area (Å²) in [5.41, 5.74) is 2.73. The lowest BCUT2D eigenvalue weighted by Crippen LogP contribution is -2.45. The SMILES string of the molecule is CCN1CCN(Cc2ccc(CNC(=O)c3cnccn3)cc2)CC1. The van der Waals surface area contributed by atoms with E-state index in [4.69, 9.17) is 0 Å². The van der Waals surface area contributed by atoms with Gasteiger partial charge in [0, 0.05) is 51.7 Å². The zero-order valence-corrected chi connectivity index (χ0v) is 14.7. The molecular weight excluding hydrogens is 314 g/mol. The molecule has 0 aliphatic carbocycles. The minimum Gasteiger partial charge on any atom is -0.347 e. The highest BCUT2D eigenvalue weighted by molar-refractivity contribution is 5.91. The summed E-state index contributed by atoms with van der Waals surface area (Å²) >= 11 is 0. The number of piperazine rings is 1. The number of hydrogen-bond acceptors (Lipinski definition) is 5. The Balaban J connectivity index is 1.47. The van der Waals surface area contributed by atoms with Crippen molar-refractivity contribution >= 4 is 5.91 Å². The molecular formula is C19H25N5O. The topological polar surface area (TPSA) is 61.4 Å². The van der Waals surface area contributed by atoms with Gasteiger partial charge in [-0.3, -0.25) is 14.7 Å². The van der Waals surface area contributed by atoms with Crippen LogP contribution in [0.5, 0.6) is 0 Å². The van der Waals surface area contributed by atoms with Crippen molar-refractivity contribution in [1.82, 2.24) is 25.1 Å². The molecule has 0 spiro atoms. The van der Waals surface area contributed by atoms with Crippen molar-refractivity contribution in [1.29, 1.82) is 0 Å². The second kappa shape index (κ2) is 8.69. The van der Waals surface area contributed by atoms with Gasteiger partial charge < -0.3 is 10.2 Å². The molecule has 3 rings (SSSR count). The molecule has 2 aromatic rings. The Morgan fingerprint density at radius 1 is 1.04 bits per heavy atom. The molecule has 1 N–H and O–H groups in total. The van der Waals surface area contributed by atoms with Crippen LogP contribution >= 0.6 is 0 Å². The highest BCUT2D eigenvalue weighted by atomic mass is 16.1. The molecule has 6 nitrogen and oxygen atoms in total. The Labute approximate surface area is 148 Å². The largest absolute Gasteiger partial charge is 0.347 e. The van der Waals surface area contributed by atoms with Crippen LogP contribution in [0.2, 0.25) is 0 Å². The van der Waals surface area contributed by atoms with Crippen molar-refractivity contribution in [2.24, 2.45) is 0 Å². The van der Waals surface area contributed by atoms with Gasteiger partial charge >= 0.3 is 0 Å². The maximum absolute atomic E-state index is 12.0. The maximum atomic E-state index is 12.0. The third-order valence-corrected chi connectivity index (χ3v) is 4.59. The van der Waals surface area contributed by atoms with E-state index in [1.807, 2.05) is 0 Å². The number of nitrogens with one attached hydrogen (secondary N) is 1. The Morgan fingerprint density at radius 3 is 2.36 bits per heavy atom. The number of amides is 1.